The molecule has 0 spiro atoms. The van der Waals surface area contributed by atoms with Gasteiger partial charge in [-0.1, -0.05) is 6.92 Å². The number of ether oxygens (including phenoxy) is 3. The van der Waals surface area contributed by atoms with Gasteiger partial charge in [0, 0.05) is 0 Å². The van der Waals surface area contributed by atoms with Crippen molar-refractivity contribution in [3.05, 3.63) is 24.0 Å². The first kappa shape index (κ1) is 13.3. The maximum Gasteiger partial charge on any atom is 0.377 e. The number of carbonyl (C=O) groups is 1. The van der Waals surface area contributed by atoms with E-state index in [9.17, 15) is 4.79 Å². The van der Waals surface area contributed by atoms with Crippen LogP contribution >= 0.6 is 0 Å². The van der Waals surface area contributed by atoms with Gasteiger partial charge in [-0.25, -0.2) is 4.79 Å². The molecule has 0 saturated carbocycles. The molecule has 0 unspecified atom stereocenters. The number of esters is 1. The molecule has 0 N–H and O–H groups in total. The van der Waals surface area contributed by atoms with Crippen molar-refractivity contribution in [1.82, 2.24) is 0 Å². The van der Waals surface area contributed by atoms with Crippen molar-refractivity contribution in [2.24, 2.45) is 0 Å². The first-order valence-electron chi connectivity index (χ1n) is 6.03. The largest absolute Gasteiger partial charge is 0.497 e. The fourth-order valence-electron chi connectivity index (χ4n) is 1.76. The summed E-state index contributed by atoms with van der Waals surface area (Å²) in [5, 5.41) is 0.702. The summed E-state index contributed by atoms with van der Waals surface area (Å²) in [7, 11) is 2.88. The number of methoxy groups -OCH3 is 2. The Morgan fingerprint density at radius 1 is 1.32 bits per heavy atom. The minimum Gasteiger partial charge on any atom is -0.497 e. The summed E-state index contributed by atoms with van der Waals surface area (Å²) in [5.74, 6) is 0.606. The molecule has 1 aromatic heterocycles. The van der Waals surface area contributed by atoms with Crippen LogP contribution in [-0.2, 0) is 4.74 Å². The Kier molecular flexibility index (Phi) is 3.94. The molecule has 102 valence electrons. The second-order valence-corrected chi connectivity index (χ2v) is 3.96. The normalized spacial score (nSPS) is 10.5. The highest BCUT2D eigenvalue weighted by molar-refractivity contribution is 5.99. The first-order valence-corrected chi connectivity index (χ1v) is 6.03. The zero-order valence-electron chi connectivity index (χ0n) is 11.2. The van der Waals surface area contributed by atoms with Crippen molar-refractivity contribution in [2.75, 3.05) is 20.8 Å². The Labute approximate surface area is 111 Å². The quantitative estimate of drug-likeness (QED) is 0.777. The van der Waals surface area contributed by atoms with Gasteiger partial charge < -0.3 is 18.6 Å². The lowest BCUT2D eigenvalue weighted by molar-refractivity contribution is 0.0561. The second kappa shape index (κ2) is 5.65. The van der Waals surface area contributed by atoms with Crippen molar-refractivity contribution in [2.45, 2.75) is 13.3 Å². The zero-order chi connectivity index (χ0) is 13.8. The summed E-state index contributed by atoms with van der Waals surface area (Å²) in [6.07, 6.45) is 0.831. The van der Waals surface area contributed by atoms with Gasteiger partial charge in [0.1, 0.15) is 11.3 Å². The molecule has 0 aliphatic carbocycles. The Morgan fingerprint density at radius 3 is 2.74 bits per heavy atom. The van der Waals surface area contributed by atoms with Crippen LogP contribution in [0.15, 0.2) is 22.6 Å². The van der Waals surface area contributed by atoms with E-state index in [1.807, 2.05) is 6.92 Å². The fraction of sp³-hybridized carbons (Fsp3) is 0.357. The molecule has 0 aliphatic rings. The molecule has 0 saturated heterocycles. The highest BCUT2D eigenvalue weighted by Crippen LogP contribution is 2.36. The maximum atomic E-state index is 11.7. The monoisotopic (exact) mass is 264 g/mol. The molecular weight excluding hydrogens is 248 g/mol. The average Bonchev–Trinajstić information content (AvgIpc) is 2.81. The minimum absolute atomic E-state index is 0.0826. The molecular formula is C14H16O5. The van der Waals surface area contributed by atoms with Crippen molar-refractivity contribution in [3.63, 3.8) is 0 Å². The van der Waals surface area contributed by atoms with E-state index in [-0.39, 0.29) is 5.76 Å². The van der Waals surface area contributed by atoms with E-state index < -0.39 is 5.97 Å². The zero-order valence-corrected chi connectivity index (χ0v) is 11.2. The molecule has 19 heavy (non-hydrogen) atoms. The molecule has 5 heteroatoms. The topological polar surface area (TPSA) is 57.9 Å². The summed E-state index contributed by atoms with van der Waals surface area (Å²) < 4.78 is 21.0. The number of fused-ring (bicyclic) bond motifs is 1. The van der Waals surface area contributed by atoms with Gasteiger partial charge in [-0.15, -0.1) is 0 Å². The smallest absolute Gasteiger partial charge is 0.377 e. The number of rotatable bonds is 5. The third-order valence-corrected chi connectivity index (χ3v) is 2.67. The van der Waals surface area contributed by atoms with Crippen LogP contribution in [0.5, 0.6) is 11.5 Å². The van der Waals surface area contributed by atoms with Crippen molar-refractivity contribution in [1.29, 1.82) is 0 Å². The molecule has 0 fully saturated rings. The predicted octanol–water partition coefficient (Wildman–Crippen LogP) is 3.02. The number of hydrogen-bond donors (Lipinski definition) is 0. The third kappa shape index (κ3) is 2.50. The fourth-order valence-corrected chi connectivity index (χ4v) is 1.76. The van der Waals surface area contributed by atoms with E-state index >= 15 is 0 Å². The summed E-state index contributed by atoms with van der Waals surface area (Å²) >= 11 is 0. The Balaban J connectivity index is 2.56. The van der Waals surface area contributed by atoms with Crippen LogP contribution in [0, 0.1) is 0 Å². The molecule has 1 aromatic carbocycles. The summed E-state index contributed by atoms with van der Waals surface area (Å²) in [6, 6.07) is 5.27. The van der Waals surface area contributed by atoms with Gasteiger partial charge >= 0.3 is 5.97 Å². The number of furan rings is 1. The van der Waals surface area contributed by atoms with Crippen LogP contribution in [-0.4, -0.2) is 26.8 Å². The van der Waals surface area contributed by atoms with Gasteiger partial charge in [0.25, 0.3) is 5.76 Å². The van der Waals surface area contributed by atoms with Crippen molar-refractivity contribution >= 4 is 16.9 Å². The number of carbonyl (C=O) groups excluding carboxylic acids is 1. The maximum absolute atomic E-state index is 11.7. The Hall–Kier alpha value is -2.17. The standard InChI is InChI=1S/C14H16O5/c1-4-7-18-12-10-8-9(16-2)5-6-11(10)19-13(12)14(15)17-3/h5-6,8H,4,7H2,1-3H3. The number of benzene rings is 1. The van der Waals surface area contributed by atoms with Crippen molar-refractivity contribution < 1.29 is 23.4 Å². The second-order valence-electron chi connectivity index (χ2n) is 3.96. The molecule has 1 heterocycles. The van der Waals surface area contributed by atoms with Gasteiger partial charge in [-0.05, 0) is 24.6 Å². The van der Waals surface area contributed by atoms with Gasteiger partial charge in [0.2, 0.25) is 0 Å². The van der Waals surface area contributed by atoms with E-state index in [0.717, 1.165) is 6.42 Å². The van der Waals surface area contributed by atoms with E-state index in [1.165, 1.54) is 7.11 Å². The number of hydrogen-bond acceptors (Lipinski definition) is 5. The van der Waals surface area contributed by atoms with Gasteiger partial charge in [-0.2, -0.15) is 0 Å². The van der Waals surface area contributed by atoms with E-state index in [1.54, 1.807) is 25.3 Å². The Bertz CT molecular complexity index is 585. The highest BCUT2D eigenvalue weighted by atomic mass is 16.5. The van der Waals surface area contributed by atoms with Crippen LogP contribution in [0.3, 0.4) is 0 Å². The summed E-state index contributed by atoms with van der Waals surface area (Å²) in [4.78, 5) is 11.7. The lowest BCUT2D eigenvalue weighted by Gasteiger charge is -2.04. The van der Waals surface area contributed by atoms with Crippen LogP contribution < -0.4 is 9.47 Å². The lowest BCUT2D eigenvalue weighted by Crippen LogP contribution is -2.04. The minimum atomic E-state index is -0.554. The van der Waals surface area contributed by atoms with E-state index in [0.29, 0.717) is 29.1 Å². The molecule has 0 atom stereocenters. The summed E-state index contributed by atoms with van der Waals surface area (Å²) in [5.41, 5.74) is 0.562. The molecule has 0 radical (unpaired) electrons. The van der Waals surface area contributed by atoms with Crippen LogP contribution in [0.4, 0.5) is 0 Å². The van der Waals surface area contributed by atoms with Gasteiger partial charge in [-0.3, -0.25) is 0 Å². The van der Waals surface area contributed by atoms with Crippen LogP contribution in [0.1, 0.15) is 23.9 Å². The molecule has 2 rings (SSSR count). The molecule has 2 aromatic rings. The van der Waals surface area contributed by atoms with Gasteiger partial charge in [0.15, 0.2) is 5.75 Å². The van der Waals surface area contributed by atoms with E-state index in [2.05, 4.69) is 0 Å². The molecule has 0 bridgehead atoms. The SMILES string of the molecule is CCCOc1c(C(=O)OC)oc2ccc(OC)cc12. The molecule has 0 aliphatic heterocycles. The van der Waals surface area contributed by atoms with Crippen LogP contribution in [0.25, 0.3) is 11.0 Å². The molecule has 5 nitrogen and oxygen atoms in total. The Morgan fingerprint density at radius 2 is 2.11 bits per heavy atom. The molecule has 0 amide bonds. The highest BCUT2D eigenvalue weighted by Gasteiger charge is 2.23. The predicted molar refractivity (Wildman–Crippen MR) is 69.9 cm³/mol. The van der Waals surface area contributed by atoms with Crippen LogP contribution in [0.2, 0.25) is 0 Å². The lowest BCUT2D eigenvalue weighted by atomic mass is 10.2. The summed E-state index contributed by atoms with van der Waals surface area (Å²) in [6.45, 7) is 2.48. The average molecular weight is 264 g/mol. The van der Waals surface area contributed by atoms with E-state index in [4.69, 9.17) is 18.6 Å². The first-order chi connectivity index (χ1) is 9.21. The third-order valence-electron chi connectivity index (χ3n) is 2.67. The van der Waals surface area contributed by atoms with Gasteiger partial charge in [0.05, 0.1) is 26.2 Å². The van der Waals surface area contributed by atoms with Crippen molar-refractivity contribution in [3.8, 4) is 11.5 Å².